The Morgan fingerprint density at radius 2 is 1.93 bits per heavy atom. The molecule has 0 atom stereocenters. The average Bonchev–Trinajstić information content (AvgIpc) is 3.13. The molecule has 1 N–H and O–H groups in total. The smallest absolute Gasteiger partial charge is 0.338 e. The number of ether oxygens (including phenoxy) is 2. The van der Waals surface area contributed by atoms with Gasteiger partial charge in [-0.15, -0.1) is 0 Å². The van der Waals surface area contributed by atoms with E-state index < -0.39 is 11.9 Å². The number of nitrogens with zero attached hydrogens (tertiary/aromatic N) is 1. The Labute approximate surface area is 163 Å². The third-order valence-corrected chi connectivity index (χ3v) is 4.34. The number of esters is 1. The number of rotatable bonds is 7. The zero-order chi connectivity index (χ0) is 19.9. The minimum absolute atomic E-state index is 0.110. The van der Waals surface area contributed by atoms with Crippen LogP contribution in [0.15, 0.2) is 48.5 Å². The summed E-state index contributed by atoms with van der Waals surface area (Å²) in [5, 5.41) is 2.67. The van der Waals surface area contributed by atoms with Crippen molar-refractivity contribution in [3.05, 3.63) is 59.7 Å². The normalized spacial score (nSPS) is 13.5. The fourth-order valence-corrected chi connectivity index (χ4v) is 3.01. The summed E-state index contributed by atoms with van der Waals surface area (Å²) >= 11 is 0. The van der Waals surface area contributed by atoms with Crippen LogP contribution in [0.2, 0.25) is 0 Å². The van der Waals surface area contributed by atoms with Gasteiger partial charge in [0.25, 0.3) is 5.91 Å². The van der Waals surface area contributed by atoms with Crippen LogP contribution >= 0.6 is 0 Å². The van der Waals surface area contributed by atoms with Gasteiger partial charge in [0, 0.05) is 31.5 Å². The van der Waals surface area contributed by atoms with Gasteiger partial charge in [-0.05, 0) is 48.4 Å². The third kappa shape index (κ3) is 4.95. The lowest BCUT2D eigenvalue weighted by molar-refractivity contribution is -0.119. The highest BCUT2D eigenvalue weighted by molar-refractivity contribution is 5.97. The molecule has 7 heteroatoms. The number of carbonyl (C=O) groups excluding carboxylic acids is 3. The molecule has 1 saturated heterocycles. The standard InChI is InChI=1S/C21H22N2O5/c1-27-13-15-4-2-5-16(12-15)21(26)28-14-19(24)22-17-7-9-18(10-8-17)23-11-3-6-20(23)25/h2,4-5,7-10,12H,3,6,11,13-14H2,1H3,(H,22,24). The molecule has 2 aromatic carbocycles. The van der Waals surface area contributed by atoms with Gasteiger partial charge in [-0.25, -0.2) is 4.79 Å². The molecule has 2 amide bonds. The van der Waals surface area contributed by atoms with Crippen molar-refractivity contribution < 1.29 is 23.9 Å². The highest BCUT2D eigenvalue weighted by Crippen LogP contribution is 2.23. The minimum Gasteiger partial charge on any atom is -0.452 e. The number of amides is 2. The van der Waals surface area contributed by atoms with E-state index >= 15 is 0 Å². The Hall–Kier alpha value is -3.19. The molecule has 1 aliphatic rings. The van der Waals surface area contributed by atoms with Crippen molar-refractivity contribution in [2.75, 3.05) is 30.5 Å². The summed E-state index contributed by atoms with van der Waals surface area (Å²) < 4.78 is 10.1. The number of carbonyl (C=O) groups is 3. The Kier molecular flexibility index (Phi) is 6.39. The van der Waals surface area contributed by atoms with Crippen LogP contribution in [0.4, 0.5) is 11.4 Å². The van der Waals surface area contributed by atoms with E-state index in [1.165, 1.54) is 0 Å². The lowest BCUT2D eigenvalue weighted by Crippen LogP contribution is -2.23. The van der Waals surface area contributed by atoms with Crippen molar-refractivity contribution >= 4 is 29.2 Å². The van der Waals surface area contributed by atoms with E-state index in [0.717, 1.165) is 17.7 Å². The highest BCUT2D eigenvalue weighted by Gasteiger charge is 2.21. The van der Waals surface area contributed by atoms with Crippen LogP contribution in [-0.2, 0) is 25.7 Å². The first-order chi connectivity index (χ1) is 13.6. The number of anilines is 2. The van der Waals surface area contributed by atoms with Crippen molar-refractivity contribution in [1.29, 1.82) is 0 Å². The van der Waals surface area contributed by atoms with Gasteiger partial charge >= 0.3 is 5.97 Å². The molecule has 3 rings (SSSR count). The van der Waals surface area contributed by atoms with Gasteiger partial charge < -0.3 is 19.7 Å². The second-order valence-electron chi connectivity index (χ2n) is 6.45. The summed E-state index contributed by atoms with van der Waals surface area (Å²) in [6.07, 6.45) is 1.43. The van der Waals surface area contributed by atoms with Gasteiger partial charge in [-0.1, -0.05) is 12.1 Å². The third-order valence-electron chi connectivity index (χ3n) is 4.34. The zero-order valence-corrected chi connectivity index (χ0v) is 15.6. The Bertz CT molecular complexity index is 863. The maximum Gasteiger partial charge on any atom is 0.338 e. The molecule has 0 bridgehead atoms. The molecule has 7 nitrogen and oxygen atoms in total. The van der Waals surface area contributed by atoms with E-state index in [-0.39, 0.29) is 12.5 Å². The maximum absolute atomic E-state index is 12.1. The fourth-order valence-electron chi connectivity index (χ4n) is 3.01. The first-order valence-corrected chi connectivity index (χ1v) is 9.02. The molecule has 146 valence electrons. The van der Waals surface area contributed by atoms with E-state index in [4.69, 9.17) is 9.47 Å². The summed E-state index contributed by atoms with van der Waals surface area (Å²) in [5.41, 5.74) is 2.58. The van der Waals surface area contributed by atoms with Crippen LogP contribution < -0.4 is 10.2 Å². The number of nitrogens with one attached hydrogen (secondary N) is 1. The van der Waals surface area contributed by atoms with Gasteiger partial charge in [-0.2, -0.15) is 0 Å². The van der Waals surface area contributed by atoms with Crippen LogP contribution in [0.1, 0.15) is 28.8 Å². The van der Waals surface area contributed by atoms with Gasteiger partial charge in [0.15, 0.2) is 6.61 Å². The molecule has 2 aromatic rings. The molecule has 0 spiro atoms. The minimum atomic E-state index is -0.573. The second-order valence-corrected chi connectivity index (χ2v) is 6.45. The van der Waals surface area contributed by atoms with Crippen LogP contribution in [0.5, 0.6) is 0 Å². The average molecular weight is 382 g/mol. The van der Waals surface area contributed by atoms with Gasteiger partial charge in [0.05, 0.1) is 12.2 Å². The largest absolute Gasteiger partial charge is 0.452 e. The van der Waals surface area contributed by atoms with Gasteiger partial charge in [0.2, 0.25) is 5.91 Å². The zero-order valence-electron chi connectivity index (χ0n) is 15.6. The molecule has 0 unspecified atom stereocenters. The topological polar surface area (TPSA) is 84.9 Å². The van der Waals surface area contributed by atoms with Crippen LogP contribution in [0, 0.1) is 0 Å². The molecule has 1 heterocycles. The lowest BCUT2D eigenvalue weighted by atomic mass is 10.1. The van der Waals surface area contributed by atoms with E-state index in [2.05, 4.69) is 5.32 Å². The van der Waals surface area contributed by atoms with Crippen LogP contribution in [-0.4, -0.2) is 38.0 Å². The maximum atomic E-state index is 12.1. The van der Waals surface area contributed by atoms with Crippen LogP contribution in [0.3, 0.4) is 0 Å². The monoisotopic (exact) mass is 382 g/mol. The number of methoxy groups -OCH3 is 1. The number of benzene rings is 2. The van der Waals surface area contributed by atoms with Gasteiger partial charge in [-0.3, -0.25) is 9.59 Å². The summed E-state index contributed by atoms with van der Waals surface area (Å²) in [6, 6.07) is 13.9. The summed E-state index contributed by atoms with van der Waals surface area (Å²) in [6.45, 7) is 0.715. The van der Waals surface area contributed by atoms with E-state index in [1.54, 1.807) is 54.5 Å². The summed E-state index contributed by atoms with van der Waals surface area (Å²) in [4.78, 5) is 37.6. The highest BCUT2D eigenvalue weighted by atomic mass is 16.5. The molecule has 0 aliphatic carbocycles. The van der Waals surface area contributed by atoms with Crippen LogP contribution in [0.25, 0.3) is 0 Å². The van der Waals surface area contributed by atoms with Crippen molar-refractivity contribution in [2.45, 2.75) is 19.4 Å². The number of hydrogen-bond donors (Lipinski definition) is 1. The molecular weight excluding hydrogens is 360 g/mol. The molecule has 0 radical (unpaired) electrons. The van der Waals surface area contributed by atoms with Crippen molar-refractivity contribution in [2.24, 2.45) is 0 Å². The fraction of sp³-hybridized carbons (Fsp3) is 0.286. The summed E-state index contributed by atoms with van der Waals surface area (Å²) in [7, 11) is 1.57. The quantitative estimate of drug-likeness (QED) is 0.745. The van der Waals surface area contributed by atoms with E-state index in [0.29, 0.717) is 30.8 Å². The number of hydrogen-bond acceptors (Lipinski definition) is 5. The molecular formula is C21H22N2O5. The Balaban J connectivity index is 1.50. The SMILES string of the molecule is COCc1cccc(C(=O)OCC(=O)Nc2ccc(N3CCCC3=O)cc2)c1. The molecule has 28 heavy (non-hydrogen) atoms. The Morgan fingerprint density at radius 3 is 2.61 bits per heavy atom. The second kappa shape index (κ2) is 9.14. The molecule has 0 saturated carbocycles. The van der Waals surface area contributed by atoms with Crippen molar-refractivity contribution in [1.82, 2.24) is 0 Å². The first-order valence-electron chi connectivity index (χ1n) is 9.02. The van der Waals surface area contributed by atoms with E-state index in [1.807, 2.05) is 6.07 Å². The summed E-state index contributed by atoms with van der Waals surface area (Å²) in [5.74, 6) is -0.902. The predicted molar refractivity (Wildman–Crippen MR) is 104 cm³/mol. The lowest BCUT2D eigenvalue weighted by Gasteiger charge is -2.16. The van der Waals surface area contributed by atoms with Crippen molar-refractivity contribution in [3.63, 3.8) is 0 Å². The van der Waals surface area contributed by atoms with Crippen molar-refractivity contribution in [3.8, 4) is 0 Å². The van der Waals surface area contributed by atoms with E-state index in [9.17, 15) is 14.4 Å². The molecule has 1 aliphatic heterocycles. The first kappa shape index (κ1) is 19.6. The predicted octanol–water partition coefficient (Wildman–Crippen LogP) is 2.76. The molecule has 0 aromatic heterocycles. The van der Waals surface area contributed by atoms with Gasteiger partial charge in [0.1, 0.15) is 0 Å². The molecule has 1 fully saturated rings. The Morgan fingerprint density at radius 1 is 1.14 bits per heavy atom.